The molecular weight excluding hydrogens is 140 g/mol. The van der Waals surface area contributed by atoms with Gasteiger partial charge in [0.15, 0.2) is 0 Å². The topological polar surface area (TPSA) is 48.8 Å². The predicted octanol–water partition coefficient (Wildman–Crippen LogP) is 2.59. The van der Waals surface area contributed by atoms with Gasteiger partial charge in [-0.1, -0.05) is 12.0 Å². The smallest absolute Gasteiger partial charge is 0.211 e. The molecule has 0 aromatic rings. The zero-order chi connectivity index (χ0) is 7.98. The Bertz CT molecular complexity index is 131. The summed E-state index contributed by atoms with van der Waals surface area (Å²) in [5.74, 6) is -0.226. The van der Waals surface area contributed by atoms with Crippen LogP contribution in [0.4, 0.5) is 8.78 Å². The fourth-order valence-electron chi connectivity index (χ4n) is 0.555. The lowest BCUT2D eigenvalue weighted by atomic mass is 10.1. The highest BCUT2D eigenvalue weighted by Crippen LogP contribution is 2.09. The summed E-state index contributed by atoms with van der Waals surface area (Å²) in [4.78, 5) is 2.46. The lowest BCUT2D eigenvalue weighted by Crippen LogP contribution is -2.04. The van der Waals surface area contributed by atoms with Crippen LogP contribution in [-0.2, 0) is 0 Å². The molecule has 3 nitrogen and oxygen atoms in total. The van der Waals surface area contributed by atoms with E-state index in [-0.39, 0.29) is 18.9 Å². The average molecular weight is 149 g/mol. The molecular formula is C5H9F2N3. The van der Waals surface area contributed by atoms with Crippen molar-refractivity contribution in [2.45, 2.75) is 19.8 Å². The number of hydrogen-bond donors (Lipinski definition) is 0. The van der Waals surface area contributed by atoms with Crippen molar-refractivity contribution in [3.63, 3.8) is 0 Å². The average Bonchev–Trinajstić information content (AvgIpc) is 1.82. The lowest BCUT2D eigenvalue weighted by molar-refractivity contribution is 0.119. The maximum Gasteiger partial charge on any atom is 0.238 e. The SMILES string of the molecule is C[C@H](CN=[N+]=[N-])CC(F)F. The predicted molar refractivity (Wildman–Crippen MR) is 33.8 cm³/mol. The third-order valence-electron chi connectivity index (χ3n) is 1.04. The molecule has 5 heteroatoms. The van der Waals surface area contributed by atoms with E-state index in [0.717, 1.165) is 0 Å². The van der Waals surface area contributed by atoms with Gasteiger partial charge >= 0.3 is 0 Å². The van der Waals surface area contributed by atoms with Crippen molar-refractivity contribution in [1.29, 1.82) is 0 Å². The van der Waals surface area contributed by atoms with Crippen molar-refractivity contribution in [3.8, 4) is 0 Å². The minimum absolute atomic E-state index is 0.154. The Morgan fingerprint density at radius 2 is 2.20 bits per heavy atom. The van der Waals surface area contributed by atoms with Crippen LogP contribution in [0.15, 0.2) is 5.11 Å². The number of azide groups is 1. The van der Waals surface area contributed by atoms with Gasteiger partial charge < -0.3 is 0 Å². The van der Waals surface area contributed by atoms with E-state index < -0.39 is 6.43 Å². The molecule has 10 heavy (non-hydrogen) atoms. The minimum Gasteiger partial charge on any atom is -0.211 e. The van der Waals surface area contributed by atoms with Gasteiger partial charge in [0, 0.05) is 17.9 Å². The van der Waals surface area contributed by atoms with Crippen LogP contribution in [0.25, 0.3) is 10.4 Å². The maximum atomic E-state index is 11.6. The molecule has 0 radical (unpaired) electrons. The Balaban J connectivity index is 3.42. The van der Waals surface area contributed by atoms with Crippen LogP contribution in [0.1, 0.15) is 13.3 Å². The second-order valence-corrected chi connectivity index (χ2v) is 2.15. The quantitative estimate of drug-likeness (QED) is 0.335. The summed E-state index contributed by atoms with van der Waals surface area (Å²) in [6.07, 6.45) is -2.50. The molecule has 58 valence electrons. The molecule has 0 aromatic carbocycles. The van der Waals surface area contributed by atoms with Crippen LogP contribution < -0.4 is 0 Å². The Labute approximate surface area is 57.7 Å². The van der Waals surface area contributed by atoms with Gasteiger partial charge in [-0.25, -0.2) is 8.78 Å². The number of halogens is 2. The zero-order valence-corrected chi connectivity index (χ0v) is 5.67. The largest absolute Gasteiger partial charge is 0.238 e. The first kappa shape index (κ1) is 9.17. The third kappa shape index (κ3) is 5.31. The minimum atomic E-state index is -2.30. The van der Waals surface area contributed by atoms with E-state index in [1.54, 1.807) is 6.92 Å². The van der Waals surface area contributed by atoms with E-state index >= 15 is 0 Å². The number of hydrogen-bond acceptors (Lipinski definition) is 1. The highest BCUT2D eigenvalue weighted by Gasteiger charge is 2.08. The summed E-state index contributed by atoms with van der Waals surface area (Å²) in [6, 6.07) is 0. The van der Waals surface area contributed by atoms with Crippen molar-refractivity contribution < 1.29 is 8.78 Å². The monoisotopic (exact) mass is 149 g/mol. The van der Waals surface area contributed by atoms with Gasteiger partial charge in [-0.15, -0.1) is 0 Å². The fourth-order valence-corrected chi connectivity index (χ4v) is 0.555. The highest BCUT2D eigenvalue weighted by molar-refractivity contribution is 4.57. The molecule has 0 bridgehead atoms. The van der Waals surface area contributed by atoms with E-state index in [1.165, 1.54) is 0 Å². The fraction of sp³-hybridized carbons (Fsp3) is 1.00. The molecule has 0 saturated carbocycles. The van der Waals surface area contributed by atoms with Crippen LogP contribution >= 0.6 is 0 Å². The summed E-state index contributed by atoms with van der Waals surface area (Å²) in [6.45, 7) is 1.78. The summed E-state index contributed by atoms with van der Waals surface area (Å²) in [5.41, 5.74) is 7.82. The molecule has 0 aliphatic heterocycles. The van der Waals surface area contributed by atoms with Crippen molar-refractivity contribution in [1.82, 2.24) is 0 Å². The van der Waals surface area contributed by atoms with Crippen LogP contribution in [0, 0.1) is 5.92 Å². The van der Waals surface area contributed by atoms with Crippen LogP contribution in [0.5, 0.6) is 0 Å². The summed E-state index contributed by atoms with van der Waals surface area (Å²) < 4.78 is 23.2. The van der Waals surface area contributed by atoms with Gasteiger partial charge in [0.05, 0.1) is 0 Å². The van der Waals surface area contributed by atoms with E-state index in [0.29, 0.717) is 0 Å². The molecule has 0 saturated heterocycles. The molecule has 0 heterocycles. The van der Waals surface area contributed by atoms with Gasteiger partial charge in [0.1, 0.15) is 0 Å². The summed E-state index contributed by atoms with van der Waals surface area (Å²) >= 11 is 0. The van der Waals surface area contributed by atoms with E-state index in [1.807, 2.05) is 0 Å². The molecule has 0 aromatic heterocycles. The van der Waals surface area contributed by atoms with Gasteiger partial charge in [-0.3, -0.25) is 0 Å². The van der Waals surface area contributed by atoms with Crippen LogP contribution in [0.3, 0.4) is 0 Å². The third-order valence-corrected chi connectivity index (χ3v) is 1.04. The molecule has 0 rings (SSSR count). The second kappa shape index (κ2) is 4.99. The van der Waals surface area contributed by atoms with E-state index in [9.17, 15) is 8.78 Å². The molecule has 0 fully saturated rings. The molecule has 1 atom stereocenters. The highest BCUT2D eigenvalue weighted by atomic mass is 19.3. The number of nitrogens with zero attached hydrogens (tertiary/aromatic N) is 3. The Morgan fingerprint density at radius 1 is 1.60 bits per heavy atom. The van der Waals surface area contributed by atoms with Gasteiger partial charge in [0.25, 0.3) is 0 Å². The first-order valence-corrected chi connectivity index (χ1v) is 2.95. The van der Waals surface area contributed by atoms with Crippen LogP contribution in [0.2, 0.25) is 0 Å². The van der Waals surface area contributed by atoms with Crippen molar-refractivity contribution >= 4 is 0 Å². The Kier molecular flexibility index (Phi) is 4.58. The first-order valence-electron chi connectivity index (χ1n) is 2.95. The zero-order valence-electron chi connectivity index (χ0n) is 5.67. The lowest BCUT2D eigenvalue weighted by Gasteiger charge is -2.04. The van der Waals surface area contributed by atoms with E-state index in [4.69, 9.17) is 5.53 Å². The molecule has 0 aliphatic carbocycles. The van der Waals surface area contributed by atoms with Crippen molar-refractivity contribution in [3.05, 3.63) is 10.4 Å². The van der Waals surface area contributed by atoms with Crippen LogP contribution in [-0.4, -0.2) is 13.0 Å². The molecule has 0 spiro atoms. The number of alkyl halides is 2. The van der Waals surface area contributed by atoms with Crippen molar-refractivity contribution in [2.75, 3.05) is 6.54 Å². The Hall–Kier alpha value is -0.830. The Morgan fingerprint density at radius 3 is 2.60 bits per heavy atom. The first-order chi connectivity index (χ1) is 4.66. The van der Waals surface area contributed by atoms with Gasteiger partial charge in [-0.05, 0) is 11.4 Å². The summed E-state index contributed by atoms with van der Waals surface area (Å²) in [7, 11) is 0. The molecule has 0 N–H and O–H groups in total. The summed E-state index contributed by atoms with van der Waals surface area (Å²) in [5, 5.41) is 3.17. The van der Waals surface area contributed by atoms with Gasteiger partial charge in [0.2, 0.25) is 6.43 Å². The standard InChI is InChI=1S/C5H9F2N3/c1-4(2-5(6)7)3-9-10-8/h4-5H,2-3H2,1H3/t4-/m0/s1. The maximum absolute atomic E-state index is 11.6. The number of rotatable bonds is 4. The normalized spacial score (nSPS) is 12.8. The van der Waals surface area contributed by atoms with Gasteiger partial charge in [-0.2, -0.15) is 0 Å². The molecule has 0 unspecified atom stereocenters. The molecule has 0 aliphatic rings. The van der Waals surface area contributed by atoms with E-state index in [2.05, 4.69) is 10.0 Å². The van der Waals surface area contributed by atoms with Crippen molar-refractivity contribution in [2.24, 2.45) is 11.0 Å². The second-order valence-electron chi connectivity index (χ2n) is 2.15. The molecule has 0 amide bonds.